The van der Waals surface area contributed by atoms with Crippen LogP contribution >= 0.6 is 0 Å². The highest BCUT2D eigenvalue weighted by atomic mass is 16.3. The summed E-state index contributed by atoms with van der Waals surface area (Å²) >= 11 is 0. The van der Waals surface area contributed by atoms with Crippen molar-refractivity contribution in [2.45, 2.75) is 6.42 Å². The van der Waals surface area contributed by atoms with Crippen LogP contribution in [0.2, 0.25) is 0 Å². The Labute approximate surface area is 106 Å². The topological polar surface area (TPSA) is 37.3 Å². The minimum Gasteiger partial charge on any atom is -0.508 e. The summed E-state index contributed by atoms with van der Waals surface area (Å²) in [5, 5.41) is 9.21. The van der Waals surface area contributed by atoms with E-state index in [2.05, 4.69) is 0 Å². The van der Waals surface area contributed by atoms with Gasteiger partial charge < -0.3 is 5.11 Å². The molecule has 0 saturated carbocycles. The predicted octanol–water partition coefficient (Wildman–Crippen LogP) is 3.22. The third-order valence-electron chi connectivity index (χ3n) is 2.73. The number of hydrogen-bond acceptors (Lipinski definition) is 2. The Kier molecular flexibility index (Phi) is 3.92. The monoisotopic (exact) mass is 238 g/mol. The molecule has 0 aromatic heterocycles. The molecule has 0 amide bonds. The van der Waals surface area contributed by atoms with Crippen molar-refractivity contribution in [1.29, 1.82) is 0 Å². The van der Waals surface area contributed by atoms with Crippen molar-refractivity contribution >= 4 is 11.9 Å². The van der Waals surface area contributed by atoms with E-state index in [0.29, 0.717) is 5.57 Å². The lowest BCUT2D eigenvalue weighted by atomic mass is 10.0. The average molecular weight is 238 g/mol. The van der Waals surface area contributed by atoms with Crippen LogP contribution < -0.4 is 0 Å². The van der Waals surface area contributed by atoms with Gasteiger partial charge in [-0.25, -0.2) is 0 Å². The van der Waals surface area contributed by atoms with Gasteiger partial charge in [0.2, 0.25) is 0 Å². The van der Waals surface area contributed by atoms with Crippen LogP contribution in [-0.2, 0) is 11.2 Å². The number of carbonyl (C=O) groups is 1. The fraction of sp³-hybridized carbons (Fsp3) is 0.0625. The van der Waals surface area contributed by atoms with E-state index in [0.717, 1.165) is 23.8 Å². The molecule has 0 aliphatic heterocycles. The number of phenols is 1. The molecule has 18 heavy (non-hydrogen) atoms. The van der Waals surface area contributed by atoms with Gasteiger partial charge in [-0.2, -0.15) is 0 Å². The fourth-order valence-electron chi connectivity index (χ4n) is 1.73. The van der Waals surface area contributed by atoms with Crippen molar-refractivity contribution < 1.29 is 9.90 Å². The van der Waals surface area contributed by atoms with Crippen LogP contribution in [0.4, 0.5) is 0 Å². The largest absolute Gasteiger partial charge is 0.508 e. The van der Waals surface area contributed by atoms with Crippen LogP contribution in [0.3, 0.4) is 0 Å². The summed E-state index contributed by atoms with van der Waals surface area (Å²) in [6, 6.07) is 16.6. The summed E-state index contributed by atoms with van der Waals surface area (Å²) in [5.74, 6) is 0.201. The fourth-order valence-corrected chi connectivity index (χ4v) is 1.73. The highest BCUT2D eigenvalue weighted by Crippen LogP contribution is 2.17. The van der Waals surface area contributed by atoms with Gasteiger partial charge in [0.25, 0.3) is 0 Å². The van der Waals surface area contributed by atoms with Crippen molar-refractivity contribution in [3.8, 4) is 5.75 Å². The molecule has 1 N–H and O–H groups in total. The van der Waals surface area contributed by atoms with Gasteiger partial charge in [0.1, 0.15) is 12.0 Å². The van der Waals surface area contributed by atoms with Gasteiger partial charge in [-0.3, -0.25) is 4.79 Å². The number of aldehydes is 1. The standard InChI is InChI=1S/C16H14O2/c17-12-15(14-8-10-16(18)11-9-14)7-6-13-4-2-1-3-5-13/h1-5,7-12,18H,6H2. The Morgan fingerprint density at radius 2 is 1.67 bits per heavy atom. The third kappa shape index (κ3) is 3.08. The van der Waals surface area contributed by atoms with Crippen molar-refractivity contribution in [2.75, 3.05) is 0 Å². The summed E-state index contributed by atoms with van der Waals surface area (Å²) in [5.41, 5.74) is 2.62. The number of allylic oxidation sites excluding steroid dienone is 2. The number of hydrogen-bond donors (Lipinski definition) is 1. The van der Waals surface area contributed by atoms with Gasteiger partial charge in [0, 0.05) is 5.57 Å². The van der Waals surface area contributed by atoms with Gasteiger partial charge in [-0.15, -0.1) is 0 Å². The second kappa shape index (κ2) is 5.82. The smallest absolute Gasteiger partial charge is 0.150 e. The quantitative estimate of drug-likeness (QED) is 0.656. The molecule has 0 atom stereocenters. The van der Waals surface area contributed by atoms with E-state index in [9.17, 15) is 9.90 Å². The Morgan fingerprint density at radius 3 is 2.28 bits per heavy atom. The van der Waals surface area contributed by atoms with Gasteiger partial charge in [-0.1, -0.05) is 48.5 Å². The molecular formula is C16H14O2. The number of rotatable bonds is 4. The number of carbonyl (C=O) groups excluding carboxylic acids is 1. The SMILES string of the molecule is O=CC(=CCc1ccccc1)c1ccc(O)cc1. The van der Waals surface area contributed by atoms with E-state index < -0.39 is 0 Å². The summed E-state index contributed by atoms with van der Waals surface area (Å²) in [6.45, 7) is 0. The molecule has 2 aromatic carbocycles. The lowest BCUT2D eigenvalue weighted by Gasteiger charge is -2.01. The zero-order valence-corrected chi connectivity index (χ0v) is 9.91. The Bertz CT molecular complexity index is 539. The van der Waals surface area contributed by atoms with E-state index in [1.165, 1.54) is 0 Å². The van der Waals surface area contributed by atoms with Crippen LogP contribution in [0.15, 0.2) is 60.7 Å². The lowest BCUT2D eigenvalue weighted by molar-refractivity contribution is -0.103. The highest BCUT2D eigenvalue weighted by molar-refractivity contribution is 6.06. The molecule has 0 bridgehead atoms. The first-order chi connectivity index (χ1) is 8.79. The molecule has 2 rings (SSSR count). The van der Waals surface area contributed by atoms with Crippen LogP contribution in [0.5, 0.6) is 5.75 Å². The molecule has 2 aromatic rings. The summed E-state index contributed by atoms with van der Waals surface area (Å²) < 4.78 is 0. The minimum atomic E-state index is 0.201. The zero-order valence-electron chi connectivity index (χ0n) is 9.91. The predicted molar refractivity (Wildman–Crippen MR) is 72.3 cm³/mol. The molecular weight excluding hydrogens is 224 g/mol. The summed E-state index contributed by atoms with van der Waals surface area (Å²) in [4.78, 5) is 11.1. The van der Waals surface area contributed by atoms with Crippen molar-refractivity contribution in [1.82, 2.24) is 0 Å². The molecule has 90 valence electrons. The molecule has 0 heterocycles. The first-order valence-electron chi connectivity index (χ1n) is 5.78. The molecule has 2 nitrogen and oxygen atoms in total. The minimum absolute atomic E-state index is 0.201. The van der Waals surface area contributed by atoms with Gasteiger partial charge in [-0.05, 0) is 29.7 Å². The van der Waals surface area contributed by atoms with E-state index >= 15 is 0 Å². The molecule has 0 unspecified atom stereocenters. The Balaban J connectivity index is 2.18. The average Bonchev–Trinajstić information content (AvgIpc) is 2.42. The van der Waals surface area contributed by atoms with E-state index in [4.69, 9.17) is 0 Å². The van der Waals surface area contributed by atoms with E-state index in [1.54, 1.807) is 24.3 Å². The van der Waals surface area contributed by atoms with Crippen molar-refractivity contribution in [2.24, 2.45) is 0 Å². The van der Waals surface area contributed by atoms with Crippen molar-refractivity contribution in [3.63, 3.8) is 0 Å². The molecule has 0 spiro atoms. The molecule has 0 aliphatic rings. The normalized spacial score (nSPS) is 11.2. The molecule has 2 heteroatoms. The maximum Gasteiger partial charge on any atom is 0.150 e. The number of phenolic OH excluding ortho intramolecular Hbond substituents is 1. The molecule has 0 fully saturated rings. The zero-order chi connectivity index (χ0) is 12.8. The number of benzene rings is 2. The Morgan fingerprint density at radius 1 is 1.00 bits per heavy atom. The number of aromatic hydroxyl groups is 1. The summed E-state index contributed by atoms with van der Waals surface area (Å²) in [6.07, 6.45) is 3.46. The van der Waals surface area contributed by atoms with E-state index in [-0.39, 0.29) is 5.75 Å². The van der Waals surface area contributed by atoms with Crippen LogP contribution in [0.1, 0.15) is 11.1 Å². The second-order valence-electron chi connectivity index (χ2n) is 4.01. The van der Waals surface area contributed by atoms with Crippen molar-refractivity contribution in [3.05, 3.63) is 71.8 Å². The molecule has 0 radical (unpaired) electrons. The maximum absolute atomic E-state index is 11.1. The Hall–Kier alpha value is -2.35. The second-order valence-corrected chi connectivity index (χ2v) is 4.01. The molecule has 0 saturated heterocycles. The first kappa shape index (κ1) is 12.1. The first-order valence-corrected chi connectivity index (χ1v) is 5.78. The van der Waals surface area contributed by atoms with Gasteiger partial charge in [0.05, 0.1) is 0 Å². The van der Waals surface area contributed by atoms with Gasteiger partial charge in [0.15, 0.2) is 0 Å². The molecule has 0 aliphatic carbocycles. The lowest BCUT2D eigenvalue weighted by Crippen LogP contribution is -1.88. The summed E-state index contributed by atoms with van der Waals surface area (Å²) in [7, 11) is 0. The maximum atomic E-state index is 11.1. The van der Waals surface area contributed by atoms with Crippen LogP contribution in [0.25, 0.3) is 5.57 Å². The third-order valence-corrected chi connectivity index (χ3v) is 2.73. The van der Waals surface area contributed by atoms with E-state index in [1.807, 2.05) is 36.4 Å². The van der Waals surface area contributed by atoms with Crippen LogP contribution in [-0.4, -0.2) is 11.4 Å². The van der Waals surface area contributed by atoms with Gasteiger partial charge >= 0.3 is 0 Å². The highest BCUT2D eigenvalue weighted by Gasteiger charge is 2.00. The van der Waals surface area contributed by atoms with Crippen LogP contribution in [0, 0.1) is 0 Å².